The summed E-state index contributed by atoms with van der Waals surface area (Å²) in [6.07, 6.45) is 1.13. The molecule has 6 nitrogen and oxygen atoms in total. The minimum atomic E-state index is -1.00. The van der Waals surface area contributed by atoms with Gasteiger partial charge in [0, 0.05) is 19.2 Å². The van der Waals surface area contributed by atoms with Gasteiger partial charge < -0.3 is 15.3 Å². The number of carbonyl (C=O) groups is 3. The van der Waals surface area contributed by atoms with Crippen LogP contribution in [-0.4, -0.2) is 52.2 Å². The number of nitrogens with zero attached hydrogens (tertiary/aromatic N) is 1. The summed E-state index contributed by atoms with van der Waals surface area (Å²) in [6.45, 7) is 1.72. The first-order chi connectivity index (χ1) is 7.97. The predicted molar refractivity (Wildman–Crippen MR) is 63.8 cm³/mol. The summed E-state index contributed by atoms with van der Waals surface area (Å²) in [6, 6.07) is -1.53. The number of hydrogen-bond donors (Lipinski definition) is 3. The van der Waals surface area contributed by atoms with Gasteiger partial charge in [-0.15, -0.1) is 0 Å². The average Bonchev–Trinajstić information content (AvgIpc) is 2.73. The predicted octanol–water partition coefficient (Wildman–Crippen LogP) is -0.504. The molecule has 1 rings (SSSR count). The standard InChI is InChI=1S/C10H16N2O4S/c1-6(13)11-7(5-17)9(14)12-4-2-3-8(12)10(15)16/h7-8,17H,2-5H2,1H3,(H,11,13)(H,15,16)/t7?,8-/m0/s1. The number of thiol groups is 1. The lowest BCUT2D eigenvalue weighted by molar-refractivity contribution is -0.149. The molecule has 96 valence electrons. The van der Waals surface area contributed by atoms with Crippen molar-refractivity contribution in [1.29, 1.82) is 0 Å². The van der Waals surface area contributed by atoms with Gasteiger partial charge >= 0.3 is 5.97 Å². The fourth-order valence-corrected chi connectivity index (χ4v) is 2.17. The molecule has 0 aromatic heterocycles. The van der Waals surface area contributed by atoms with Gasteiger partial charge in [-0.3, -0.25) is 9.59 Å². The Morgan fingerprint density at radius 2 is 2.18 bits per heavy atom. The van der Waals surface area contributed by atoms with E-state index in [0.717, 1.165) is 0 Å². The number of likely N-dealkylation sites (tertiary alicyclic amines) is 1. The van der Waals surface area contributed by atoms with Gasteiger partial charge in [-0.05, 0) is 12.8 Å². The highest BCUT2D eigenvalue weighted by Crippen LogP contribution is 2.18. The zero-order valence-corrected chi connectivity index (χ0v) is 10.4. The van der Waals surface area contributed by atoms with Crippen molar-refractivity contribution in [2.75, 3.05) is 12.3 Å². The molecule has 2 amide bonds. The van der Waals surface area contributed by atoms with Crippen LogP contribution in [0, 0.1) is 0 Å². The molecule has 0 aromatic rings. The molecule has 1 saturated heterocycles. The number of hydrogen-bond acceptors (Lipinski definition) is 4. The molecule has 0 aromatic carbocycles. The van der Waals surface area contributed by atoms with Gasteiger partial charge in [0.1, 0.15) is 12.1 Å². The van der Waals surface area contributed by atoms with E-state index < -0.39 is 18.1 Å². The van der Waals surface area contributed by atoms with Crippen molar-refractivity contribution in [2.45, 2.75) is 31.8 Å². The van der Waals surface area contributed by atoms with Gasteiger partial charge in [-0.1, -0.05) is 0 Å². The summed E-state index contributed by atoms with van der Waals surface area (Å²) in [5.41, 5.74) is 0. The fourth-order valence-electron chi connectivity index (χ4n) is 1.92. The van der Waals surface area contributed by atoms with Crippen LogP contribution >= 0.6 is 12.6 Å². The molecule has 1 aliphatic rings. The average molecular weight is 260 g/mol. The second kappa shape index (κ2) is 5.90. The van der Waals surface area contributed by atoms with Crippen molar-refractivity contribution in [1.82, 2.24) is 10.2 Å². The summed E-state index contributed by atoms with van der Waals surface area (Å²) in [5.74, 6) is -1.55. The Labute approximate surface area is 105 Å². The van der Waals surface area contributed by atoms with Gasteiger partial charge in [0.2, 0.25) is 11.8 Å². The number of carboxylic acids is 1. The van der Waals surface area contributed by atoms with E-state index in [-0.39, 0.29) is 17.6 Å². The second-order valence-electron chi connectivity index (χ2n) is 3.96. The van der Waals surface area contributed by atoms with E-state index in [0.29, 0.717) is 19.4 Å². The van der Waals surface area contributed by atoms with Gasteiger partial charge in [0.25, 0.3) is 0 Å². The van der Waals surface area contributed by atoms with E-state index in [9.17, 15) is 14.4 Å². The molecule has 1 fully saturated rings. The topological polar surface area (TPSA) is 86.7 Å². The van der Waals surface area contributed by atoms with E-state index in [1.807, 2.05) is 0 Å². The third-order valence-corrected chi connectivity index (χ3v) is 3.04. The normalized spacial score (nSPS) is 21.1. The Morgan fingerprint density at radius 3 is 2.65 bits per heavy atom. The van der Waals surface area contributed by atoms with Crippen LogP contribution in [0.4, 0.5) is 0 Å². The smallest absolute Gasteiger partial charge is 0.326 e. The SMILES string of the molecule is CC(=O)NC(CS)C(=O)N1CCC[C@H]1C(=O)O. The zero-order chi connectivity index (χ0) is 13.0. The summed E-state index contributed by atoms with van der Waals surface area (Å²) < 4.78 is 0. The maximum Gasteiger partial charge on any atom is 0.326 e. The van der Waals surface area contributed by atoms with Crippen molar-refractivity contribution in [3.8, 4) is 0 Å². The lowest BCUT2D eigenvalue weighted by atomic mass is 10.2. The highest BCUT2D eigenvalue weighted by molar-refractivity contribution is 7.80. The molecular formula is C10H16N2O4S. The number of carbonyl (C=O) groups excluding carboxylic acids is 2. The summed E-state index contributed by atoms with van der Waals surface area (Å²) in [5, 5.41) is 11.4. The van der Waals surface area contributed by atoms with Crippen molar-refractivity contribution < 1.29 is 19.5 Å². The molecule has 7 heteroatoms. The monoisotopic (exact) mass is 260 g/mol. The van der Waals surface area contributed by atoms with Crippen molar-refractivity contribution in [2.24, 2.45) is 0 Å². The van der Waals surface area contributed by atoms with E-state index in [1.54, 1.807) is 0 Å². The van der Waals surface area contributed by atoms with Crippen molar-refractivity contribution in [3.05, 3.63) is 0 Å². The zero-order valence-electron chi connectivity index (χ0n) is 9.55. The molecule has 1 unspecified atom stereocenters. The Balaban J connectivity index is 2.73. The third-order valence-electron chi connectivity index (χ3n) is 2.68. The van der Waals surface area contributed by atoms with Gasteiger partial charge in [0.05, 0.1) is 0 Å². The van der Waals surface area contributed by atoms with Crippen molar-refractivity contribution >= 4 is 30.4 Å². The molecule has 0 saturated carbocycles. The van der Waals surface area contributed by atoms with Crippen LogP contribution in [-0.2, 0) is 14.4 Å². The minimum Gasteiger partial charge on any atom is -0.480 e. The molecule has 0 aliphatic carbocycles. The first kappa shape index (κ1) is 13.8. The number of aliphatic carboxylic acids is 1. The third kappa shape index (κ3) is 3.36. The van der Waals surface area contributed by atoms with E-state index in [4.69, 9.17) is 5.11 Å². The molecular weight excluding hydrogens is 244 g/mol. The van der Waals surface area contributed by atoms with Crippen LogP contribution in [0.1, 0.15) is 19.8 Å². The van der Waals surface area contributed by atoms with Crippen LogP contribution in [0.25, 0.3) is 0 Å². The lowest BCUT2D eigenvalue weighted by Crippen LogP contribution is -2.52. The van der Waals surface area contributed by atoms with E-state index in [1.165, 1.54) is 11.8 Å². The summed E-state index contributed by atoms with van der Waals surface area (Å²) >= 11 is 3.99. The quantitative estimate of drug-likeness (QED) is 0.595. The van der Waals surface area contributed by atoms with Crippen molar-refractivity contribution in [3.63, 3.8) is 0 Å². The summed E-state index contributed by atoms with van der Waals surface area (Å²) in [7, 11) is 0. The Morgan fingerprint density at radius 1 is 1.53 bits per heavy atom. The maximum atomic E-state index is 12.0. The molecule has 1 heterocycles. The van der Waals surface area contributed by atoms with Gasteiger partial charge in [-0.2, -0.15) is 12.6 Å². The highest BCUT2D eigenvalue weighted by atomic mass is 32.1. The number of rotatable bonds is 4. The van der Waals surface area contributed by atoms with Crippen LogP contribution < -0.4 is 5.32 Å². The largest absolute Gasteiger partial charge is 0.480 e. The first-order valence-corrected chi connectivity index (χ1v) is 6.02. The molecule has 0 bridgehead atoms. The maximum absolute atomic E-state index is 12.0. The summed E-state index contributed by atoms with van der Waals surface area (Å²) in [4.78, 5) is 35.2. The number of carboxylic acid groups (broad SMARTS) is 1. The van der Waals surface area contributed by atoms with Crippen LogP contribution in [0.15, 0.2) is 0 Å². The lowest BCUT2D eigenvalue weighted by Gasteiger charge is -2.26. The Bertz CT molecular complexity index is 334. The first-order valence-electron chi connectivity index (χ1n) is 5.38. The Kier molecular flexibility index (Phi) is 4.80. The molecule has 17 heavy (non-hydrogen) atoms. The van der Waals surface area contributed by atoms with E-state index >= 15 is 0 Å². The minimum absolute atomic E-state index is 0.154. The van der Waals surface area contributed by atoms with Gasteiger partial charge in [0.15, 0.2) is 0 Å². The Hall–Kier alpha value is -1.24. The molecule has 0 radical (unpaired) electrons. The van der Waals surface area contributed by atoms with Gasteiger partial charge in [-0.25, -0.2) is 4.79 Å². The molecule has 1 aliphatic heterocycles. The highest BCUT2D eigenvalue weighted by Gasteiger charge is 2.36. The number of nitrogens with one attached hydrogen (secondary N) is 1. The molecule has 2 N–H and O–H groups in total. The molecule has 0 spiro atoms. The van der Waals surface area contributed by atoms with Crippen LogP contribution in [0.2, 0.25) is 0 Å². The fraction of sp³-hybridized carbons (Fsp3) is 0.700. The molecule has 2 atom stereocenters. The number of amides is 2. The van der Waals surface area contributed by atoms with E-state index in [2.05, 4.69) is 17.9 Å². The second-order valence-corrected chi connectivity index (χ2v) is 4.33. The van der Waals surface area contributed by atoms with Crippen LogP contribution in [0.3, 0.4) is 0 Å². The van der Waals surface area contributed by atoms with Crippen LogP contribution in [0.5, 0.6) is 0 Å².